The molecule has 0 radical (unpaired) electrons. The molecule has 1 aliphatic carbocycles. The second kappa shape index (κ2) is 12.6. The number of benzene rings is 1. The second-order valence-corrected chi connectivity index (χ2v) is 8.07. The molecule has 1 aromatic carbocycles. The summed E-state index contributed by atoms with van der Waals surface area (Å²) >= 11 is 1.72. The number of nitrogens with zero attached hydrogens (tertiary/aromatic N) is 1. The number of carbonyl (C=O) groups excluding carboxylic acids is 1. The van der Waals surface area contributed by atoms with Crippen LogP contribution >= 0.6 is 24.2 Å². The molecule has 148 valence electrons. The Hall–Kier alpha value is -0.750. The Morgan fingerprint density at radius 2 is 1.92 bits per heavy atom. The number of nitrogens with two attached hydrogens (primary N) is 1. The molecule has 1 saturated carbocycles. The smallest absolute Gasteiger partial charge is 0.237 e. The van der Waals surface area contributed by atoms with Crippen LogP contribution in [0.25, 0.3) is 0 Å². The van der Waals surface area contributed by atoms with Crippen molar-refractivity contribution < 1.29 is 4.79 Å². The summed E-state index contributed by atoms with van der Waals surface area (Å²) in [5.74, 6) is 0.863. The Balaban J connectivity index is 0.00000338. The maximum Gasteiger partial charge on any atom is 0.237 e. The van der Waals surface area contributed by atoms with Gasteiger partial charge >= 0.3 is 0 Å². The van der Waals surface area contributed by atoms with Gasteiger partial charge in [-0.2, -0.15) is 11.8 Å². The van der Waals surface area contributed by atoms with Crippen molar-refractivity contribution in [3.63, 3.8) is 0 Å². The van der Waals surface area contributed by atoms with E-state index in [0.29, 0.717) is 12.6 Å². The van der Waals surface area contributed by atoms with E-state index in [1.807, 2.05) is 12.3 Å². The van der Waals surface area contributed by atoms with Crippen molar-refractivity contribution in [2.24, 2.45) is 5.73 Å². The van der Waals surface area contributed by atoms with E-state index in [-0.39, 0.29) is 18.3 Å². The van der Waals surface area contributed by atoms with Crippen LogP contribution in [0.3, 0.4) is 0 Å². The molecule has 3 N–H and O–H groups in total. The zero-order valence-corrected chi connectivity index (χ0v) is 17.7. The Bertz CT molecular complexity index is 538. The van der Waals surface area contributed by atoms with Gasteiger partial charge in [-0.25, -0.2) is 0 Å². The number of hydrogen-bond donors (Lipinski definition) is 2. The lowest BCUT2D eigenvalue weighted by atomic mass is 9.94. The molecule has 4 nitrogen and oxygen atoms in total. The van der Waals surface area contributed by atoms with E-state index in [0.717, 1.165) is 18.7 Å². The van der Waals surface area contributed by atoms with E-state index < -0.39 is 6.04 Å². The summed E-state index contributed by atoms with van der Waals surface area (Å²) in [4.78, 5) is 14.6. The number of carbonyl (C=O) groups is 1. The number of rotatable bonds is 9. The fourth-order valence-corrected chi connectivity index (χ4v) is 3.98. The molecular formula is C20H34ClN3OS. The third-order valence-corrected chi connectivity index (χ3v) is 5.80. The molecule has 0 unspecified atom stereocenters. The van der Waals surface area contributed by atoms with Crippen LogP contribution in [0, 0.1) is 0 Å². The average molecular weight is 400 g/mol. The zero-order chi connectivity index (χ0) is 18.1. The van der Waals surface area contributed by atoms with Gasteiger partial charge in [-0.1, -0.05) is 43.5 Å². The van der Waals surface area contributed by atoms with Gasteiger partial charge in [0, 0.05) is 19.1 Å². The van der Waals surface area contributed by atoms with Gasteiger partial charge < -0.3 is 11.1 Å². The SMILES string of the molecule is CSCC[C@H](N)C(=O)NCc1ccccc1CN(C)C1CCCCC1.Cl. The topological polar surface area (TPSA) is 58.4 Å². The quantitative estimate of drug-likeness (QED) is 0.666. The monoisotopic (exact) mass is 399 g/mol. The van der Waals surface area contributed by atoms with Crippen molar-refractivity contribution in [2.75, 3.05) is 19.1 Å². The van der Waals surface area contributed by atoms with Crippen molar-refractivity contribution in [3.05, 3.63) is 35.4 Å². The highest BCUT2D eigenvalue weighted by Crippen LogP contribution is 2.23. The Kier molecular flexibility index (Phi) is 11.3. The largest absolute Gasteiger partial charge is 0.351 e. The molecule has 1 amide bonds. The minimum absolute atomic E-state index is 0. The lowest BCUT2D eigenvalue weighted by Crippen LogP contribution is -2.40. The fraction of sp³-hybridized carbons (Fsp3) is 0.650. The molecule has 0 saturated heterocycles. The highest BCUT2D eigenvalue weighted by molar-refractivity contribution is 7.98. The van der Waals surface area contributed by atoms with Crippen molar-refractivity contribution >= 4 is 30.1 Å². The van der Waals surface area contributed by atoms with Gasteiger partial charge in [0.05, 0.1) is 6.04 Å². The Labute approximate surface area is 169 Å². The molecule has 0 aliphatic heterocycles. The minimum atomic E-state index is -0.412. The van der Waals surface area contributed by atoms with Crippen molar-refractivity contribution in [2.45, 2.75) is 63.7 Å². The number of thioether (sulfide) groups is 1. The maximum atomic E-state index is 12.1. The summed E-state index contributed by atoms with van der Waals surface area (Å²) in [6, 6.07) is 8.69. The normalized spacial score (nSPS) is 16.2. The summed E-state index contributed by atoms with van der Waals surface area (Å²) < 4.78 is 0. The van der Waals surface area contributed by atoms with Gasteiger partial charge in [-0.3, -0.25) is 9.69 Å². The highest BCUT2D eigenvalue weighted by Gasteiger charge is 2.19. The number of hydrogen-bond acceptors (Lipinski definition) is 4. The van der Waals surface area contributed by atoms with Crippen LogP contribution < -0.4 is 11.1 Å². The molecule has 0 spiro atoms. The zero-order valence-electron chi connectivity index (χ0n) is 16.1. The molecule has 2 rings (SSSR count). The summed E-state index contributed by atoms with van der Waals surface area (Å²) in [5, 5.41) is 3.01. The van der Waals surface area contributed by atoms with Gasteiger partial charge in [0.1, 0.15) is 0 Å². The molecule has 26 heavy (non-hydrogen) atoms. The van der Waals surface area contributed by atoms with Gasteiger partial charge in [0.25, 0.3) is 0 Å². The third-order valence-electron chi connectivity index (χ3n) is 5.16. The fourth-order valence-electron chi connectivity index (χ4n) is 3.49. The third kappa shape index (κ3) is 7.47. The van der Waals surface area contributed by atoms with E-state index in [2.05, 4.69) is 35.5 Å². The Morgan fingerprint density at radius 1 is 1.27 bits per heavy atom. The summed E-state index contributed by atoms with van der Waals surface area (Å²) in [5.41, 5.74) is 8.44. The second-order valence-electron chi connectivity index (χ2n) is 7.08. The maximum absolute atomic E-state index is 12.1. The first kappa shape index (κ1) is 23.3. The van der Waals surface area contributed by atoms with Crippen LogP contribution in [0.4, 0.5) is 0 Å². The first-order valence-corrected chi connectivity index (χ1v) is 10.8. The average Bonchev–Trinajstić information content (AvgIpc) is 2.65. The van der Waals surface area contributed by atoms with E-state index >= 15 is 0 Å². The van der Waals surface area contributed by atoms with Crippen LogP contribution in [0.5, 0.6) is 0 Å². The van der Waals surface area contributed by atoms with Gasteiger partial charge in [0.2, 0.25) is 5.91 Å². The molecule has 0 heterocycles. The van der Waals surface area contributed by atoms with Gasteiger partial charge in [-0.05, 0) is 49.4 Å². The van der Waals surface area contributed by atoms with Gasteiger partial charge in [-0.15, -0.1) is 12.4 Å². The van der Waals surface area contributed by atoms with Crippen LogP contribution in [-0.2, 0) is 17.9 Å². The first-order chi connectivity index (χ1) is 12.1. The molecule has 0 bridgehead atoms. The molecular weight excluding hydrogens is 366 g/mol. The minimum Gasteiger partial charge on any atom is -0.351 e. The summed E-state index contributed by atoms with van der Waals surface area (Å²) in [6.45, 7) is 1.50. The van der Waals surface area contributed by atoms with E-state index in [4.69, 9.17) is 5.73 Å². The van der Waals surface area contributed by atoms with Crippen LogP contribution in [0.15, 0.2) is 24.3 Å². The van der Waals surface area contributed by atoms with Crippen LogP contribution in [-0.4, -0.2) is 41.9 Å². The van der Waals surface area contributed by atoms with E-state index in [1.165, 1.54) is 43.2 Å². The lowest BCUT2D eigenvalue weighted by molar-refractivity contribution is -0.122. The molecule has 1 aromatic rings. The highest BCUT2D eigenvalue weighted by atomic mass is 35.5. The van der Waals surface area contributed by atoms with Gasteiger partial charge in [0.15, 0.2) is 0 Å². The summed E-state index contributed by atoms with van der Waals surface area (Å²) in [7, 11) is 2.23. The number of amides is 1. The standard InChI is InChI=1S/C20H33N3OS.ClH/c1-23(18-10-4-3-5-11-18)15-17-9-7-6-8-16(17)14-22-20(24)19(21)12-13-25-2;/h6-9,18-19H,3-5,10-15,21H2,1-2H3,(H,22,24);1H/t19-;/m0./s1. The molecule has 1 atom stereocenters. The van der Waals surface area contributed by atoms with Crippen LogP contribution in [0.1, 0.15) is 49.7 Å². The molecule has 1 aliphatic rings. The predicted molar refractivity (Wildman–Crippen MR) is 115 cm³/mol. The van der Waals surface area contributed by atoms with Crippen molar-refractivity contribution in [1.82, 2.24) is 10.2 Å². The lowest BCUT2D eigenvalue weighted by Gasteiger charge is -2.31. The molecule has 0 aromatic heterocycles. The first-order valence-electron chi connectivity index (χ1n) is 9.41. The van der Waals surface area contributed by atoms with E-state index in [1.54, 1.807) is 11.8 Å². The van der Waals surface area contributed by atoms with Crippen LogP contribution in [0.2, 0.25) is 0 Å². The van der Waals surface area contributed by atoms with E-state index in [9.17, 15) is 4.79 Å². The number of nitrogens with one attached hydrogen (secondary N) is 1. The predicted octanol–water partition coefficient (Wildman–Crippen LogP) is 3.57. The number of halogens is 1. The molecule has 6 heteroatoms. The molecule has 1 fully saturated rings. The summed E-state index contributed by atoms with van der Waals surface area (Å²) in [6.07, 6.45) is 9.44. The Morgan fingerprint density at radius 3 is 2.58 bits per heavy atom. The van der Waals surface area contributed by atoms with Crippen molar-refractivity contribution in [1.29, 1.82) is 0 Å². The van der Waals surface area contributed by atoms with Crippen molar-refractivity contribution in [3.8, 4) is 0 Å².